The minimum absolute atomic E-state index is 0.166. The van der Waals surface area contributed by atoms with Crippen LogP contribution in [0.5, 0.6) is 0 Å². The number of anilines is 2. The molecule has 1 heterocycles. The van der Waals surface area contributed by atoms with Gasteiger partial charge in [0, 0.05) is 24.0 Å². The Morgan fingerprint density at radius 2 is 1.85 bits per heavy atom. The summed E-state index contributed by atoms with van der Waals surface area (Å²) in [5.74, 6) is -0.775. The van der Waals surface area contributed by atoms with Crippen LogP contribution in [0.25, 0.3) is 0 Å². The summed E-state index contributed by atoms with van der Waals surface area (Å²) in [5.41, 5.74) is 3.32. The zero-order valence-corrected chi connectivity index (χ0v) is 16.2. The van der Waals surface area contributed by atoms with Gasteiger partial charge in [-0.25, -0.2) is 4.79 Å². The molecule has 7 heteroatoms. The van der Waals surface area contributed by atoms with Gasteiger partial charge in [-0.3, -0.25) is 9.59 Å². The standard InChI is InChI=1S/C20H25N3O4/c1-6-27-20(26)17-11(2)18(22-12(17)3)19(25)13(4)21-15-8-7-9-16(10-15)23-14(5)24/h7-10,13,21-22H,6H2,1-5H3,(H,23,24). The van der Waals surface area contributed by atoms with E-state index in [1.807, 2.05) is 6.07 Å². The maximum atomic E-state index is 12.9. The van der Waals surface area contributed by atoms with Crippen LogP contribution in [0, 0.1) is 13.8 Å². The Morgan fingerprint density at radius 1 is 1.19 bits per heavy atom. The van der Waals surface area contributed by atoms with Crippen LogP contribution in [-0.4, -0.2) is 35.3 Å². The van der Waals surface area contributed by atoms with Crippen molar-refractivity contribution in [1.82, 2.24) is 4.98 Å². The molecule has 0 saturated carbocycles. The average Bonchev–Trinajstić information content (AvgIpc) is 2.88. The van der Waals surface area contributed by atoms with E-state index in [2.05, 4.69) is 15.6 Å². The van der Waals surface area contributed by atoms with Gasteiger partial charge < -0.3 is 20.4 Å². The molecular formula is C20H25N3O4. The second-order valence-corrected chi connectivity index (χ2v) is 6.34. The van der Waals surface area contributed by atoms with Gasteiger partial charge >= 0.3 is 5.97 Å². The number of rotatable bonds is 7. The first-order valence-electron chi connectivity index (χ1n) is 8.79. The molecule has 1 aromatic carbocycles. The van der Waals surface area contributed by atoms with E-state index < -0.39 is 12.0 Å². The number of nitrogens with one attached hydrogen (secondary N) is 3. The third kappa shape index (κ3) is 4.75. The van der Waals surface area contributed by atoms with E-state index in [9.17, 15) is 14.4 Å². The summed E-state index contributed by atoms with van der Waals surface area (Å²) >= 11 is 0. The molecule has 0 saturated heterocycles. The largest absolute Gasteiger partial charge is 0.462 e. The lowest BCUT2D eigenvalue weighted by Crippen LogP contribution is -2.27. The van der Waals surface area contributed by atoms with E-state index in [4.69, 9.17) is 4.74 Å². The molecule has 0 fully saturated rings. The van der Waals surface area contributed by atoms with Gasteiger partial charge in [-0.15, -0.1) is 0 Å². The van der Waals surface area contributed by atoms with Crippen molar-refractivity contribution in [2.45, 2.75) is 40.7 Å². The average molecular weight is 371 g/mol. The Labute approximate surface area is 158 Å². The first kappa shape index (κ1) is 20.2. The molecule has 1 unspecified atom stereocenters. The Hall–Kier alpha value is -3.09. The second-order valence-electron chi connectivity index (χ2n) is 6.34. The molecule has 0 spiro atoms. The summed E-state index contributed by atoms with van der Waals surface area (Å²) in [6.07, 6.45) is 0. The monoisotopic (exact) mass is 371 g/mol. The zero-order valence-electron chi connectivity index (χ0n) is 16.2. The van der Waals surface area contributed by atoms with Gasteiger partial charge in [0.25, 0.3) is 0 Å². The molecule has 0 bridgehead atoms. The number of H-pyrrole nitrogens is 1. The SMILES string of the molecule is CCOC(=O)c1c(C)[nH]c(C(=O)C(C)Nc2cccc(NC(C)=O)c2)c1C. The summed E-state index contributed by atoms with van der Waals surface area (Å²) in [4.78, 5) is 39.2. The normalized spacial score (nSPS) is 11.6. The fraction of sp³-hybridized carbons (Fsp3) is 0.350. The number of hydrogen-bond acceptors (Lipinski definition) is 5. The number of carbonyl (C=O) groups is 3. The molecule has 1 amide bonds. The zero-order chi connectivity index (χ0) is 20.1. The number of carbonyl (C=O) groups excluding carboxylic acids is 3. The molecule has 2 rings (SSSR count). The highest BCUT2D eigenvalue weighted by atomic mass is 16.5. The summed E-state index contributed by atoms with van der Waals surface area (Å²) in [7, 11) is 0. The van der Waals surface area contributed by atoms with Crippen LogP contribution in [0.1, 0.15) is 52.9 Å². The van der Waals surface area contributed by atoms with Gasteiger partial charge in [0.15, 0.2) is 0 Å². The molecule has 7 nitrogen and oxygen atoms in total. The van der Waals surface area contributed by atoms with Gasteiger partial charge in [0.1, 0.15) is 0 Å². The summed E-state index contributed by atoms with van der Waals surface area (Å²) in [5, 5.41) is 5.83. The number of ketones is 1. The number of ether oxygens (including phenoxy) is 1. The van der Waals surface area contributed by atoms with E-state index >= 15 is 0 Å². The predicted octanol–water partition coefficient (Wildman–Crippen LogP) is 3.45. The Kier molecular flexibility index (Phi) is 6.39. The van der Waals surface area contributed by atoms with Crippen molar-refractivity contribution < 1.29 is 19.1 Å². The lowest BCUT2D eigenvalue weighted by molar-refractivity contribution is -0.114. The van der Waals surface area contributed by atoms with E-state index in [0.29, 0.717) is 33.9 Å². The van der Waals surface area contributed by atoms with Crippen molar-refractivity contribution in [2.24, 2.45) is 0 Å². The van der Waals surface area contributed by atoms with Gasteiger partial charge in [0.05, 0.1) is 23.9 Å². The van der Waals surface area contributed by atoms with Gasteiger partial charge in [-0.05, 0) is 51.5 Å². The van der Waals surface area contributed by atoms with E-state index in [0.717, 1.165) is 0 Å². The Morgan fingerprint density at radius 3 is 2.48 bits per heavy atom. The number of aryl methyl sites for hydroxylation is 1. The molecule has 0 aliphatic carbocycles. The lowest BCUT2D eigenvalue weighted by atomic mass is 10.0. The van der Waals surface area contributed by atoms with Crippen molar-refractivity contribution in [3.63, 3.8) is 0 Å². The smallest absolute Gasteiger partial charge is 0.340 e. The Bertz CT molecular complexity index is 870. The summed E-state index contributed by atoms with van der Waals surface area (Å²) in [6.45, 7) is 8.66. The van der Waals surface area contributed by atoms with Crippen LogP contribution in [0.2, 0.25) is 0 Å². The molecule has 0 aliphatic heterocycles. The number of esters is 1. The van der Waals surface area contributed by atoms with Crippen LogP contribution in [-0.2, 0) is 9.53 Å². The number of aromatic nitrogens is 1. The molecule has 0 aliphatic rings. The van der Waals surface area contributed by atoms with Crippen molar-refractivity contribution in [3.05, 3.63) is 46.8 Å². The predicted molar refractivity (Wildman–Crippen MR) is 104 cm³/mol. The summed E-state index contributed by atoms with van der Waals surface area (Å²) < 4.78 is 5.06. The topological polar surface area (TPSA) is 100 Å². The molecule has 1 aromatic heterocycles. The van der Waals surface area contributed by atoms with Gasteiger partial charge in [0.2, 0.25) is 11.7 Å². The third-order valence-electron chi connectivity index (χ3n) is 4.12. The van der Waals surface area contributed by atoms with Crippen LogP contribution in [0.4, 0.5) is 11.4 Å². The fourth-order valence-electron chi connectivity index (χ4n) is 2.93. The molecule has 2 aromatic rings. The van der Waals surface area contributed by atoms with Crippen molar-refractivity contribution in [3.8, 4) is 0 Å². The highest BCUT2D eigenvalue weighted by Gasteiger charge is 2.25. The van der Waals surface area contributed by atoms with Crippen LogP contribution in [0.3, 0.4) is 0 Å². The molecule has 3 N–H and O–H groups in total. The quantitative estimate of drug-likeness (QED) is 0.511. The first-order chi connectivity index (χ1) is 12.7. The summed E-state index contributed by atoms with van der Waals surface area (Å²) in [6, 6.07) is 6.58. The highest BCUT2D eigenvalue weighted by Crippen LogP contribution is 2.22. The minimum atomic E-state index is -0.538. The van der Waals surface area contributed by atoms with Crippen molar-refractivity contribution in [2.75, 3.05) is 17.2 Å². The Balaban J connectivity index is 2.20. The van der Waals surface area contributed by atoms with E-state index in [-0.39, 0.29) is 18.3 Å². The second kappa shape index (κ2) is 8.53. The number of amides is 1. The fourth-order valence-corrected chi connectivity index (χ4v) is 2.93. The van der Waals surface area contributed by atoms with Crippen LogP contribution >= 0.6 is 0 Å². The first-order valence-corrected chi connectivity index (χ1v) is 8.79. The van der Waals surface area contributed by atoms with Crippen LogP contribution in [0.15, 0.2) is 24.3 Å². The number of hydrogen-bond donors (Lipinski definition) is 3. The van der Waals surface area contributed by atoms with E-state index in [1.54, 1.807) is 45.9 Å². The third-order valence-corrected chi connectivity index (χ3v) is 4.12. The molecule has 1 atom stereocenters. The number of aromatic amines is 1. The molecular weight excluding hydrogens is 346 g/mol. The van der Waals surface area contributed by atoms with E-state index in [1.165, 1.54) is 6.92 Å². The molecule has 144 valence electrons. The maximum Gasteiger partial charge on any atom is 0.340 e. The molecule has 27 heavy (non-hydrogen) atoms. The van der Waals surface area contributed by atoms with Crippen molar-refractivity contribution >= 4 is 29.0 Å². The number of benzene rings is 1. The minimum Gasteiger partial charge on any atom is -0.462 e. The van der Waals surface area contributed by atoms with Crippen LogP contribution < -0.4 is 10.6 Å². The highest BCUT2D eigenvalue weighted by molar-refractivity contribution is 6.04. The lowest BCUT2D eigenvalue weighted by Gasteiger charge is -2.15. The van der Waals surface area contributed by atoms with Gasteiger partial charge in [-0.1, -0.05) is 6.07 Å². The van der Waals surface area contributed by atoms with Crippen molar-refractivity contribution in [1.29, 1.82) is 0 Å². The number of Topliss-reactive ketones (excluding diaryl/α,β-unsaturated/α-hetero) is 1. The maximum absolute atomic E-state index is 12.9. The van der Waals surface area contributed by atoms with Gasteiger partial charge in [-0.2, -0.15) is 0 Å². The molecule has 0 radical (unpaired) electrons.